The number of nitrogens with two attached hydrogens (primary N) is 1. The van der Waals surface area contributed by atoms with E-state index in [4.69, 9.17) is 20.2 Å². The Morgan fingerprint density at radius 2 is 1.63 bits per heavy atom. The summed E-state index contributed by atoms with van der Waals surface area (Å²) in [6.07, 6.45) is 1.78. The Bertz CT molecular complexity index is 1130. The van der Waals surface area contributed by atoms with Gasteiger partial charge in [-0.15, -0.1) is 0 Å². The molecule has 30 heavy (non-hydrogen) atoms. The normalized spacial score (nSPS) is 10.6. The first-order valence-electron chi connectivity index (χ1n) is 9.69. The highest BCUT2D eigenvalue weighted by molar-refractivity contribution is 5.77. The molecular formula is C25H23N3O2. The van der Waals surface area contributed by atoms with Gasteiger partial charge < -0.3 is 15.2 Å². The van der Waals surface area contributed by atoms with Gasteiger partial charge in [0.2, 0.25) is 5.88 Å². The fourth-order valence-corrected chi connectivity index (χ4v) is 3.24. The van der Waals surface area contributed by atoms with Crippen molar-refractivity contribution in [3.8, 4) is 34.1 Å². The van der Waals surface area contributed by atoms with E-state index in [1.807, 2.05) is 79.7 Å². The number of ether oxygens (including phenoxy) is 2. The second-order valence-corrected chi connectivity index (χ2v) is 6.98. The minimum atomic E-state index is 0.438. The molecule has 2 N–H and O–H groups in total. The van der Waals surface area contributed by atoms with Gasteiger partial charge in [-0.1, -0.05) is 42.5 Å². The summed E-state index contributed by atoms with van der Waals surface area (Å²) in [5.74, 6) is 1.38. The number of aromatic nitrogens is 2. The van der Waals surface area contributed by atoms with Gasteiger partial charge in [0.1, 0.15) is 12.4 Å². The van der Waals surface area contributed by atoms with Gasteiger partial charge in [-0.05, 0) is 42.3 Å². The fourth-order valence-electron chi connectivity index (χ4n) is 3.24. The Morgan fingerprint density at radius 3 is 2.30 bits per heavy atom. The molecule has 150 valence electrons. The van der Waals surface area contributed by atoms with Crippen molar-refractivity contribution < 1.29 is 9.47 Å². The van der Waals surface area contributed by atoms with Crippen molar-refractivity contribution >= 4 is 5.69 Å². The van der Waals surface area contributed by atoms with Crippen LogP contribution < -0.4 is 15.2 Å². The van der Waals surface area contributed by atoms with E-state index in [-0.39, 0.29) is 0 Å². The Balaban J connectivity index is 1.53. The first-order chi connectivity index (χ1) is 14.6. The summed E-state index contributed by atoms with van der Waals surface area (Å²) >= 11 is 0. The third-order valence-corrected chi connectivity index (χ3v) is 4.85. The molecule has 0 saturated heterocycles. The van der Waals surface area contributed by atoms with Crippen LogP contribution in [0.1, 0.15) is 11.1 Å². The van der Waals surface area contributed by atoms with Crippen molar-refractivity contribution in [1.82, 2.24) is 9.97 Å². The zero-order chi connectivity index (χ0) is 20.9. The quantitative estimate of drug-likeness (QED) is 0.479. The van der Waals surface area contributed by atoms with E-state index in [9.17, 15) is 0 Å². The Kier molecular flexibility index (Phi) is 5.61. The summed E-state index contributed by atoms with van der Waals surface area (Å²) in [4.78, 5) is 9.29. The average Bonchev–Trinajstić information content (AvgIpc) is 2.79. The fraction of sp³-hybridized carbons (Fsp3) is 0.120. The zero-order valence-electron chi connectivity index (χ0n) is 17.0. The molecule has 2 heterocycles. The molecule has 5 heteroatoms. The SMILES string of the molecule is COc1ccc(COc2ccc(-c3nc(-c4ccccc4)c(N)cc3C)cn2)cc1. The third kappa shape index (κ3) is 4.25. The lowest BCUT2D eigenvalue weighted by molar-refractivity contribution is 0.294. The molecule has 5 nitrogen and oxygen atoms in total. The van der Waals surface area contributed by atoms with Gasteiger partial charge in [-0.3, -0.25) is 0 Å². The van der Waals surface area contributed by atoms with E-state index in [1.54, 1.807) is 13.3 Å². The maximum Gasteiger partial charge on any atom is 0.213 e. The maximum absolute atomic E-state index is 6.23. The largest absolute Gasteiger partial charge is 0.497 e. The van der Waals surface area contributed by atoms with Crippen molar-refractivity contribution in [2.45, 2.75) is 13.5 Å². The molecular weight excluding hydrogens is 374 g/mol. The van der Waals surface area contributed by atoms with Gasteiger partial charge in [-0.25, -0.2) is 9.97 Å². The average molecular weight is 397 g/mol. The van der Waals surface area contributed by atoms with Gasteiger partial charge in [0.25, 0.3) is 0 Å². The summed E-state index contributed by atoms with van der Waals surface area (Å²) in [6, 6.07) is 23.5. The van der Waals surface area contributed by atoms with Crippen molar-refractivity contribution in [1.29, 1.82) is 0 Å². The number of aryl methyl sites for hydroxylation is 1. The highest BCUT2D eigenvalue weighted by Gasteiger charge is 2.11. The monoisotopic (exact) mass is 397 g/mol. The van der Waals surface area contributed by atoms with E-state index in [2.05, 4.69) is 4.98 Å². The number of rotatable bonds is 6. The molecule has 0 aliphatic carbocycles. The second kappa shape index (κ2) is 8.66. The zero-order valence-corrected chi connectivity index (χ0v) is 17.0. The van der Waals surface area contributed by atoms with Crippen molar-refractivity contribution in [3.63, 3.8) is 0 Å². The molecule has 0 fully saturated rings. The lowest BCUT2D eigenvalue weighted by atomic mass is 10.0. The minimum Gasteiger partial charge on any atom is -0.497 e. The standard InChI is InChI=1S/C25H23N3O2/c1-17-14-22(26)25(19-6-4-3-5-7-19)28-24(17)20-10-13-23(27-15-20)30-16-18-8-11-21(29-2)12-9-18/h3-15H,16,26H2,1-2H3. The van der Waals surface area contributed by atoms with Crippen LogP contribution >= 0.6 is 0 Å². The lowest BCUT2D eigenvalue weighted by Crippen LogP contribution is -2.00. The highest BCUT2D eigenvalue weighted by atomic mass is 16.5. The van der Waals surface area contributed by atoms with Crippen LogP contribution in [0.5, 0.6) is 11.6 Å². The molecule has 0 aliphatic heterocycles. The van der Waals surface area contributed by atoms with Gasteiger partial charge in [0, 0.05) is 23.4 Å². The molecule has 0 atom stereocenters. The predicted molar refractivity (Wildman–Crippen MR) is 119 cm³/mol. The van der Waals surface area contributed by atoms with Gasteiger partial charge in [-0.2, -0.15) is 0 Å². The number of nitrogen functional groups attached to an aromatic ring is 1. The number of hydrogen-bond acceptors (Lipinski definition) is 5. The number of hydrogen-bond donors (Lipinski definition) is 1. The number of benzene rings is 2. The van der Waals surface area contributed by atoms with Crippen LogP contribution in [-0.2, 0) is 6.61 Å². The highest BCUT2D eigenvalue weighted by Crippen LogP contribution is 2.30. The molecule has 2 aromatic carbocycles. The summed E-state index contributed by atoms with van der Waals surface area (Å²) in [6.45, 7) is 2.44. The summed E-state index contributed by atoms with van der Waals surface area (Å²) in [5, 5.41) is 0. The summed E-state index contributed by atoms with van der Waals surface area (Å²) < 4.78 is 11.0. The molecule has 0 spiro atoms. The van der Waals surface area contributed by atoms with Gasteiger partial charge in [0.05, 0.1) is 24.2 Å². The minimum absolute atomic E-state index is 0.438. The van der Waals surface area contributed by atoms with Crippen LogP contribution in [0.25, 0.3) is 22.5 Å². The van der Waals surface area contributed by atoms with E-state index < -0.39 is 0 Å². The number of pyridine rings is 2. The molecule has 4 rings (SSSR count). The molecule has 0 amide bonds. The summed E-state index contributed by atoms with van der Waals surface area (Å²) in [5.41, 5.74) is 12.5. The predicted octanol–water partition coefficient (Wildman–Crippen LogP) is 5.29. The molecule has 0 unspecified atom stereocenters. The molecule has 4 aromatic rings. The topological polar surface area (TPSA) is 70.3 Å². The van der Waals surface area contributed by atoms with Crippen molar-refractivity contribution in [3.05, 3.63) is 90.1 Å². The first-order valence-corrected chi connectivity index (χ1v) is 9.69. The molecule has 0 radical (unpaired) electrons. The Morgan fingerprint density at radius 1 is 0.867 bits per heavy atom. The van der Waals surface area contributed by atoms with E-state index >= 15 is 0 Å². The van der Waals surface area contributed by atoms with Crippen LogP contribution in [-0.4, -0.2) is 17.1 Å². The van der Waals surface area contributed by atoms with Gasteiger partial charge >= 0.3 is 0 Å². The Labute approximate surface area is 176 Å². The number of methoxy groups -OCH3 is 1. The van der Waals surface area contributed by atoms with Crippen molar-refractivity contribution in [2.24, 2.45) is 0 Å². The number of nitrogens with zero attached hydrogens (tertiary/aromatic N) is 2. The number of anilines is 1. The first kappa shape index (κ1) is 19.5. The lowest BCUT2D eigenvalue weighted by Gasteiger charge is -2.12. The molecule has 0 bridgehead atoms. The molecule has 0 aliphatic rings. The third-order valence-electron chi connectivity index (χ3n) is 4.85. The summed E-state index contributed by atoms with van der Waals surface area (Å²) in [7, 11) is 1.65. The second-order valence-electron chi connectivity index (χ2n) is 6.98. The van der Waals surface area contributed by atoms with Crippen LogP contribution in [0.2, 0.25) is 0 Å². The van der Waals surface area contributed by atoms with Crippen LogP contribution in [0.15, 0.2) is 79.0 Å². The van der Waals surface area contributed by atoms with Crippen molar-refractivity contribution in [2.75, 3.05) is 12.8 Å². The van der Waals surface area contributed by atoms with E-state index in [1.165, 1.54) is 0 Å². The van der Waals surface area contributed by atoms with Crippen LogP contribution in [0, 0.1) is 6.92 Å². The smallest absolute Gasteiger partial charge is 0.213 e. The Hall–Kier alpha value is -3.86. The van der Waals surface area contributed by atoms with Crippen LogP contribution in [0.3, 0.4) is 0 Å². The molecule has 2 aromatic heterocycles. The van der Waals surface area contributed by atoms with E-state index in [0.29, 0.717) is 18.2 Å². The molecule has 0 saturated carbocycles. The van der Waals surface area contributed by atoms with E-state index in [0.717, 1.165) is 39.4 Å². The maximum atomic E-state index is 6.23. The van der Waals surface area contributed by atoms with Gasteiger partial charge in [0.15, 0.2) is 0 Å². The van der Waals surface area contributed by atoms with Crippen LogP contribution in [0.4, 0.5) is 5.69 Å².